The first-order chi connectivity index (χ1) is 6.16. The van der Waals surface area contributed by atoms with Crippen LogP contribution in [0, 0.1) is 0 Å². The molecule has 0 saturated carbocycles. The van der Waals surface area contributed by atoms with Crippen molar-refractivity contribution in [2.24, 2.45) is 0 Å². The Morgan fingerprint density at radius 1 is 1.23 bits per heavy atom. The van der Waals surface area contributed by atoms with Crippen LogP contribution in [0.1, 0.15) is 0 Å². The van der Waals surface area contributed by atoms with E-state index in [1.807, 2.05) is 4.98 Å². The second kappa shape index (κ2) is 2.41. The molecule has 0 spiro atoms. The molecule has 0 amide bonds. The normalized spacial score (nSPS) is 10.5. The minimum Gasteiger partial charge on any atom is -0.292 e. The standard InChI is InChI=1S/C6H4N4O3/c11-3-1-2-10-4(7-3)8-5(12)9-6(10)13/h1-2H,(H2,7,8,9,11,12,13). The number of hydrogen-bond acceptors (Lipinski definition) is 4. The summed E-state index contributed by atoms with van der Waals surface area (Å²) in [7, 11) is 0. The number of hydrogen-bond donors (Lipinski definition) is 2. The summed E-state index contributed by atoms with van der Waals surface area (Å²) >= 11 is 0. The average molecular weight is 180 g/mol. The third-order valence-corrected chi connectivity index (χ3v) is 1.48. The van der Waals surface area contributed by atoms with Gasteiger partial charge in [-0.15, -0.1) is 0 Å². The van der Waals surface area contributed by atoms with E-state index < -0.39 is 16.9 Å². The molecule has 2 aromatic heterocycles. The van der Waals surface area contributed by atoms with E-state index in [-0.39, 0.29) is 5.78 Å². The molecule has 0 aliphatic heterocycles. The number of fused-ring (bicyclic) bond motifs is 1. The molecule has 2 aromatic rings. The minimum atomic E-state index is -0.785. The second-order valence-corrected chi connectivity index (χ2v) is 2.35. The van der Waals surface area contributed by atoms with Crippen LogP contribution in [-0.2, 0) is 0 Å². The van der Waals surface area contributed by atoms with Crippen LogP contribution < -0.4 is 16.9 Å². The summed E-state index contributed by atoms with van der Waals surface area (Å²) in [6.45, 7) is 0. The molecule has 0 fully saturated rings. The third-order valence-electron chi connectivity index (χ3n) is 1.48. The van der Waals surface area contributed by atoms with Crippen LogP contribution in [0.25, 0.3) is 5.78 Å². The number of nitrogens with one attached hydrogen (secondary N) is 2. The van der Waals surface area contributed by atoms with Crippen LogP contribution >= 0.6 is 0 Å². The molecular weight excluding hydrogens is 176 g/mol. The number of rotatable bonds is 0. The van der Waals surface area contributed by atoms with Crippen molar-refractivity contribution in [1.82, 2.24) is 19.4 Å². The van der Waals surface area contributed by atoms with Crippen molar-refractivity contribution < 1.29 is 0 Å². The summed E-state index contributed by atoms with van der Waals surface area (Å²) in [4.78, 5) is 40.1. The summed E-state index contributed by atoms with van der Waals surface area (Å²) in [6.07, 6.45) is 1.24. The zero-order chi connectivity index (χ0) is 9.42. The molecular formula is C6H4N4O3. The molecule has 0 unspecified atom stereocenters. The van der Waals surface area contributed by atoms with E-state index >= 15 is 0 Å². The first-order valence-electron chi connectivity index (χ1n) is 3.39. The van der Waals surface area contributed by atoms with E-state index in [9.17, 15) is 14.4 Å². The smallest absolute Gasteiger partial charge is 0.292 e. The molecule has 2 heterocycles. The van der Waals surface area contributed by atoms with Crippen LogP contribution in [0.15, 0.2) is 26.6 Å². The molecule has 2 N–H and O–H groups in total. The van der Waals surface area contributed by atoms with Crippen molar-refractivity contribution in [2.45, 2.75) is 0 Å². The maximum atomic E-state index is 11.1. The lowest BCUT2D eigenvalue weighted by molar-refractivity contribution is 0.872. The molecule has 2 rings (SSSR count). The van der Waals surface area contributed by atoms with Gasteiger partial charge in [-0.05, 0) is 0 Å². The monoisotopic (exact) mass is 180 g/mol. The van der Waals surface area contributed by atoms with Crippen LogP contribution in [0.5, 0.6) is 0 Å². The molecule has 0 aromatic carbocycles. The Hall–Kier alpha value is -2.18. The third kappa shape index (κ3) is 1.15. The summed E-state index contributed by atoms with van der Waals surface area (Å²) in [5, 5.41) is 0. The number of H-pyrrole nitrogens is 2. The fourth-order valence-corrected chi connectivity index (χ4v) is 0.946. The number of aromatic amines is 2. The largest absolute Gasteiger partial charge is 0.352 e. The van der Waals surface area contributed by atoms with Gasteiger partial charge in [0.25, 0.3) is 5.56 Å². The predicted molar refractivity (Wildman–Crippen MR) is 42.7 cm³/mol. The average Bonchev–Trinajstić information content (AvgIpc) is 2.02. The van der Waals surface area contributed by atoms with E-state index in [0.29, 0.717) is 0 Å². The SMILES string of the molecule is O=c1ccn2c(=O)[nH]c(=O)nc2[nH]1. The van der Waals surface area contributed by atoms with E-state index in [0.717, 1.165) is 10.5 Å². The molecule has 0 radical (unpaired) electrons. The molecule has 0 aliphatic carbocycles. The van der Waals surface area contributed by atoms with E-state index in [4.69, 9.17) is 0 Å². The number of nitrogens with zero attached hydrogens (tertiary/aromatic N) is 2. The van der Waals surface area contributed by atoms with Gasteiger partial charge in [-0.1, -0.05) is 0 Å². The van der Waals surface area contributed by atoms with Gasteiger partial charge < -0.3 is 0 Å². The summed E-state index contributed by atoms with van der Waals surface area (Å²) < 4.78 is 1.03. The molecule has 0 saturated heterocycles. The maximum Gasteiger partial charge on any atom is 0.352 e. The number of aromatic nitrogens is 4. The van der Waals surface area contributed by atoms with Crippen molar-refractivity contribution in [1.29, 1.82) is 0 Å². The van der Waals surface area contributed by atoms with Crippen molar-refractivity contribution in [3.05, 3.63) is 43.6 Å². The highest BCUT2D eigenvalue weighted by atomic mass is 16.2. The predicted octanol–water partition coefficient (Wildman–Crippen LogP) is -1.93. The molecule has 0 bridgehead atoms. The lowest BCUT2D eigenvalue weighted by Crippen LogP contribution is -2.30. The minimum absolute atomic E-state index is 0.0683. The Balaban J connectivity index is 3.12. The first kappa shape index (κ1) is 7.47. The highest BCUT2D eigenvalue weighted by molar-refractivity contribution is 5.23. The maximum absolute atomic E-state index is 11.1. The van der Waals surface area contributed by atoms with Crippen molar-refractivity contribution in [3.8, 4) is 0 Å². The van der Waals surface area contributed by atoms with Crippen molar-refractivity contribution in [2.75, 3.05) is 0 Å². The first-order valence-corrected chi connectivity index (χ1v) is 3.39. The molecule has 0 aliphatic rings. The van der Waals surface area contributed by atoms with Crippen LogP contribution in [0.3, 0.4) is 0 Å². The Morgan fingerprint density at radius 2 is 2.00 bits per heavy atom. The van der Waals surface area contributed by atoms with Crippen LogP contribution in [-0.4, -0.2) is 19.4 Å². The van der Waals surface area contributed by atoms with Gasteiger partial charge in [-0.25, -0.2) is 14.0 Å². The molecule has 0 atom stereocenters. The van der Waals surface area contributed by atoms with E-state index in [1.165, 1.54) is 6.20 Å². The van der Waals surface area contributed by atoms with Crippen LogP contribution in [0.2, 0.25) is 0 Å². The second-order valence-electron chi connectivity index (χ2n) is 2.35. The Kier molecular flexibility index (Phi) is 1.38. The fraction of sp³-hybridized carbons (Fsp3) is 0. The van der Waals surface area contributed by atoms with Gasteiger partial charge in [-0.3, -0.25) is 14.8 Å². The van der Waals surface area contributed by atoms with E-state index in [2.05, 4.69) is 9.97 Å². The molecule has 7 heteroatoms. The Bertz CT molecular complexity index is 615. The Labute approximate surface area is 69.7 Å². The Morgan fingerprint density at radius 3 is 2.77 bits per heavy atom. The van der Waals surface area contributed by atoms with Gasteiger partial charge >= 0.3 is 11.4 Å². The zero-order valence-corrected chi connectivity index (χ0v) is 6.27. The van der Waals surface area contributed by atoms with Gasteiger partial charge in [0.1, 0.15) is 0 Å². The van der Waals surface area contributed by atoms with Gasteiger partial charge in [0.05, 0.1) is 0 Å². The summed E-state index contributed by atoms with van der Waals surface area (Å²) in [5.74, 6) is -0.0683. The highest BCUT2D eigenvalue weighted by Gasteiger charge is 1.98. The summed E-state index contributed by atoms with van der Waals surface area (Å²) in [5.41, 5.74) is -1.84. The van der Waals surface area contributed by atoms with Crippen molar-refractivity contribution >= 4 is 5.78 Å². The lowest BCUT2D eigenvalue weighted by atomic mass is 10.6. The zero-order valence-electron chi connectivity index (χ0n) is 6.27. The van der Waals surface area contributed by atoms with Crippen molar-refractivity contribution in [3.63, 3.8) is 0 Å². The van der Waals surface area contributed by atoms with Gasteiger partial charge in [0.15, 0.2) is 0 Å². The van der Waals surface area contributed by atoms with Gasteiger partial charge in [-0.2, -0.15) is 4.98 Å². The van der Waals surface area contributed by atoms with Crippen LogP contribution in [0.4, 0.5) is 0 Å². The molecule has 13 heavy (non-hydrogen) atoms. The molecule has 66 valence electrons. The van der Waals surface area contributed by atoms with Gasteiger partial charge in [0.2, 0.25) is 5.78 Å². The summed E-state index contributed by atoms with van der Waals surface area (Å²) in [6, 6.07) is 1.16. The fourth-order valence-electron chi connectivity index (χ4n) is 0.946. The lowest BCUT2D eigenvalue weighted by Gasteiger charge is -1.94. The highest BCUT2D eigenvalue weighted by Crippen LogP contribution is 1.78. The quantitative estimate of drug-likeness (QED) is 0.493. The molecule has 7 nitrogen and oxygen atoms in total. The van der Waals surface area contributed by atoms with E-state index in [1.54, 1.807) is 0 Å². The topological polar surface area (TPSA) is 100 Å². The van der Waals surface area contributed by atoms with Gasteiger partial charge in [0, 0.05) is 12.3 Å².